The zero-order chi connectivity index (χ0) is 12.8. The van der Waals surface area contributed by atoms with Crippen molar-refractivity contribution in [1.82, 2.24) is 0 Å². The van der Waals surface area contributed by atoms with Crippen LogP contribution < -0.4 is 0 Å². The fourth-order valence-electron chi connectivity index (χ4n) is 2.67. The molecule has 0 aliphatic rings. The molecule has 0 saturated carbocycles. The molecule has 0 aromatic rings. The third-order valence-corrected chi connectivity index (χ3v) is 4.09. The highest BCUT2D eigenvalue weighted by molar-refractivity contribution is 4.76. The van der Waals surface area contributed by atoms with Crippen molar-refractivity contribution in [2.45, 2.75) is 80.6 Å². The Labute approximate surface area is 104 Å². The lowest BCUT2D eigenvalue weighted by Crippen LogP contribution is -2.22. The first-order valence-corrected chi connectivity index (χ1v) is 7.32. The maximum atomic E-state index is 2.46. The molecule has 0 heteroatoms. The summed E-state index contributed by atoms with van der Waals surface area (Å²) in [6.07, 6.45) is 6.85. The number of hydrogen-bond acceptors (Lipinski definition) is 0. The van der Waals surface area contributed by atoms with Gasteiger partial charge >= 0.3 is 0 Å². The second-order valence-corrected chi connectivity index (χ2v) is 6.88. The van der Waals surface area contributed by atoms with Crippen molar-refractivity contribution in [2.24, 2.45) is 23.2 Å². The van der Waals surface area contributed by atoms with Crippen molar-refractivity contribution in [3.8, 4) is 0 Å². The van der Waals surface area contributed by atoms with Crippen LogP contribution in [0, 0.1) is 23.2 Å². The van der Waals surface area contributed by atoms with Gasteiger partial charge in [0, 0.05) is 0 Å². The molecule has 98 valence electrons. The molecule has 0 N–H and O–H groups in total. The van der Waals surface area contributed by atoms with E-state index in [1.54, 1.807) is 0 Å². The van der Waals surface area contributed by atoms with E-state index in [0.717, 1.165) is 17.8 Å². The summed E-state index contributed by atoms with van der Waals surface area (Å²) in [4.78, 5) is 0. The summed E-state index contributed by atoms with van der Waals surface area (Å²) in [5, 5.41) is 0. The van der Waals surface area contributed by atoms with E-state index in [9.17, 15) is 0 Å². The van der Waals surface area contributed by atoms with Gasteiger partial charge in [-0.3, -0.25) is 0 Å². The van der Waals surface area contributed by atoms with E-state index in [0.29, 0.717) is 5.41 Å². The molecular formula is C16H34. The van der Waals surface area contributed by atoms with Crippen LogP contribution in [0.3, 0.4) is 0 Å². The Morgan fingerprint density at radius 2 is 1.56 bits per heavy atom. The summed E-state index contributed by atoms with van der Waals surface area (Å²) >= 11 is 0. The van der Waals surface area contributed by atoms with Crippen LogP contribution in [-0.4, -0.2) is 0 Å². The lowest BCUT2D eigenvalue weighted by Gasteiger charge is -2.33. The molecule has 0 heterocycles. The molecule has 16 heavy (non-hydrogen) atoms. The largest absolute Gasteiger partial charge is 0.0654 e. The molecule has 0 amide bonds. The normalized spacial score (nSPS) is 16.5. The summed E-state index contributed by atoms with van der Waals surface area (Å²) < 4.78 is 0. The quantitative estimate of drug-likeness (QED) is 0.482. The molecule has 0 bridgehead atoms. The zero-order valence-electron chi connectivity index (χ0n) is 12.8. The molecule has 0 spiro atoms. The molecule has 0 saturated heterocycles. The third-order valence-electron chi connectivity index (χ3n) is 4.09. The van der Waals surface area contributed by atoms with Gasteiger partial charge < -0.3 is 0 Å². The standard InChI is InChI=1S/C16H34/c1-8-10-14(5)15(11-13(3)4)12-16(6,7)9-2/h13-15H,8-12H2,1-7H3. The summed E-state index contributed by atoms with van der Waals surface area (Å²) in [5.74, 6) is 2.67. The van der Waals surface area contributed by atoms with Crippen molar-refractivity contribution < 1.29 is 0 Å². The smallest absolute Gasteiger partial charge is 0.0354 e. The lowest BCUT2D eigenvalue weighted by atomic mass is 9.72. The van der Waals surface area contributed by atoms with Crippen molar-refractivity contribution in [2.75, 3.05) is 0 Å². The Hall–Kier alpha value is 0. The van der Waals surface area contributed by atoms with E-state index in [4.69, 9.17) is 0 Å². The van der Waals surface area contributed by atoms with Gasteiger partial charge in [0.1, 0.15) is 0 Å². The summed E-state index contributed by atoms with van der Waals surface area (Å²) in [5.41, 5.74) is 0.529. The van der Waals surface area contributed by atoms with Crippen LogP contribution in [0.2, 0.25) is 0 Å². The van der Waals surface area contributed by atoms with Crippen LogP contribution in [0.15, 0.2) is 0 Å². The van der Waals surface area contributed by atoms with Gasteiger partial charge in [0.05, 0.1) is 0 Å². The van der Waals surface area contributed by atoms with Crippen LogP contribution in [0.4, 0.5) is 0 Å². The molecule has 0 radical (unpaired) electrons. The second-order valence-electron chi connectivity index (χ2n) is 6.88. The second kappa shape index (κ2) is 7.35. The minimum atomic E-state index is 0.529. The van der Waals surface area contributed by atoms with Crippen molar-refractivity contribution in [3.63, 3.8) is 0 Å². The van der Waals surface area contributed by atoms with E-state index in [1.165, 1.54) is 32.1 Å². The van der Waals surface area contributed by atoms with Gasteiger partial charge in [-0.2, -0.15) is 0 Å². The average molecular weight is 226 g/mol. The first-order valence-electron chi connectivity index (χ1n) is 7.32. The molecular weight excluding hydrogens is 192 g/mol. The minimum absolute atomic E-state index is 0.529. The van der Waals surface area contributed by atoms with Crippen molar-refractivity contribution in [3.05, 3.63) is 0 Å². The highest BCUT2D eigenvalue weighted by Gasteiger charge is 2.25. The summed E-state index contributed by atoms with van der Waals surface area (Å²) in [6.45, 7) is 16.7. The predicted octanol–water partition coefficient (Wildman–Crippen LogP) is 5.91. The molecule has 2 atom stereocenters. The predicted molar refractivity (Wildman–Crippen MR) is 75.7 cm³/mol. The lowest BCUT2D eigenvalue weighted by molar-refractivity contribution is 0.178. The van der Waals surface area contributed by atoms with Gasteiger partial charge in [0.15, 0.2) is 0 Å². The van der Waals surface area contributed by atoms with E-state index in [-0.39, 0.29) is 0 Å². The molecule has 0 aliphatic carbocycles. The fourth-order valence-corrected chi connectivity index (χ4v) is 2.67. The van der Waals surface area contributed by atoms with Crippen LogP contribution in [0.5, 0.6) is 0 Å². The minimum Gasteiger partial charge on any atom is -0.0654 e. The van der Waals surface area contributed by atoms with E-state index in [1.807, 2.05) is 0 Å². The summed E-state index contributed by atoms with van der Waals surface area (Å²) in [6, 6.07) is 0. The Morgan fingerprint density at radius 3 is 1.94 bits per heavy atom. The maximum Gasteiger partial charge on any atom is -0.0354 e. The first-order chi connectivity index (χ1) is 7.32. The Balaban J connectivity index is 4.41. The third kappa shape index (κ3) is 6.55. The molecule has 0 aromatic heterocycles. The van der Waals surface area contributed by atoms with Gasteiger partial charge in [-0.15, -0.1) is 0 Å². The van der Waals surface area contributed by atoms with Crippen LogP contribution in [0.1, 0.15) is 80.6 Å². The highest BCUT2D eigenvalue weighted by atomic mass is 14.3. The molecule has 0 fully saturated rings. The maximum absolute atomic E-state index is 2.46. The van der Waals surface area contributed by atoms with Gasteiger partial charge in [-0.05, 0) is 36.0 Å². The Morgan fingerprint density at radius 1 is 1.00 bits per heavy atom. The van der Waals surface area contributed by atoms with Crippen molar-refractivity contribution in [1.29, 1.82) is 0 Å². The van der Waals surface area contributed by atoms with E-state index < -0.39 is 0 Å². The average Bonchev–Trinajstić information content (AvgIpc) is 2.16. The molecule has 0 aliphatic heterocycles. The summed E-state index contributed by atoms with van der Waals surface area (Å²) in [7, 11) is 0. The molecule has 0 nitrogen and oxygen atoms in total. The highest BCUT2D eigenvalue weighted by Crippen LogP contribution is 2.36. The van der Waals surface area contributed by atoms with Crippen LogP contribution in [-0.2, 0) is 0 Å². The van der Waals surface area contributed by atoms with E-state index in [2.05, 4.69) is 48.5 Å². The fraction of sp³-hybridized carbons (Fsp3) is 1.00. The molecule has 0 aromatic carbocycles. The van der Waals surface area contributed by atoms with E-state index >= 15 is 0 Å². The van der Waals surface area contributed by atoms with Crippen LogP contribution in [0.25, 0.3) is 0 Å². The van der Waals surface area contributed by atoms with Gasteiger partial charge in [-0.25, -0.2) is 0 Å². The topological polar surface area (TPSA) is 0 Å². The Kier molecular flexibility index (Phi) is 7.35. The van der Waals surface area contributed by atoms with Gasteiger partial charge in [0.25, 0.3) is 0 Å². The van der Waals surface area contributed by atoms with Crippen LogP contribution >= 0.6 is 0 Å². The Bertz CT molecular complexity index is 167. The number of rotatable bonds is 8. The number of hydrogen-bond donors (Lipinski definition) is 0. The van der Waals surface area contributed by atoms with Gasteiger partial charge in [-0.1, -0.05) is 67.7 Å². The SMILES string of the molecule is CCCC(C)C(CC(C)C)CC(C)(C)CC. The van der Waals surface area contributed by atoms with Gasteiger partial charge in [0.2, 0.25) is 0 Å². The van der Waals surface area contributed by atoms with Crippen molar-refractivity contribution >= 4 is 0 Å². The zero-order valence-corrected chi connectivity index (χ0v) is 12.8. The monoisotopic (exact) mass is 226 g/mol. The first kappa shape index (κ1) is 16.0. The molecule has 0 rings (SSSR count). The molecule has 2 unspecified atom stereocenters.